The first-order valence-electron chi connectivity index (χ1n) is 13.1. The Morgan fingerprint density at radius 1 is 0.974 bits per heavy atom. The summed E-state index contributed by atoms with van der Waals surface area (Å²) < 4.78 is 11.5. The van der Waals surface area contributed by atoms with Crippen LogP contribution in [0.2, 0.25) is 0 Å². The molecule has 2 aliphatic rings. The van der Waals surface area contributed by atoms with Crippen LogP contribution in [0.15, 0.2) is 102 Å². The van der Waals surface area contributed by atoms with Gasteiger partial charge in [0.25, 0.3) is 0 Å². The molecule has 2 heterocycles. The number of nitrogens with two attached hydrogens (primary N) is 2. The fourth-order valence-corrected chi connectivity index (χ4v) is 5.07. The van der Waals surface area contributed by atoms with E-state index >= 15 is 0 Å². The van der Waals surface area contributed by atoms with Gasteiger partial charge in [0, 0.05) is 24.7 Å². The average Bonchev–Trinajstić information content (AvgIpc) is 2.97. The maximum atomic E-state index is 12.8. The van der Waals surface area contributed by atoms with Crippen LogP contribution in [-0.4, -0.2) is 36.0 Å². The number of amides is 1. The minimum Gasteiger partial charge on any atom is -0.457 e. The molecule has 1 saturated heterocycles. The van der Waals surface area contributed by atoms with E-state index in [9.17, 15) is 4.79 Å². The third-order valence-corrected chi connectivity index (χ3v) is 7.03. The van der Waals surface area contributed by atoms with Gasteiger partial charge in [-0.15, -0.1) is 0 Å². The lowest BCUT2D eigenvalue weighted by molar-refractivity contribution is 0.0766. The van der Waals surface area contributed by atoms with Crippen LogP contribution in [-0.2, 0) is 11.3 Å². The van der Waals surface area contributed by atoms with E-state index in [1.165, 1.54) is 0 Å². The van der Waals surface area contributed by atoms with E-state index in [1.54, 1.807) is 4.90 Å². The summed E-state index contributed by atoms with van der Waals surface area (Å²) in [7, 11) is 0. The van der Waals surface area contributed by atoms with Crippen molar-refractivity contribution in [1.82, 2.24) is 10.2 Å². The second-order valence-electron chi connectivity index (χ2n) is 9.78. The number of likely N-dealkylation sites (tertiary alicyclic amines) is 1. The van der Waals surface area contributed by atoms with Crippen molar-refractivity contribution in [2.45, 2.75) is 25.5 Å². The molecule has 2 aliphatic heterocycles. The van der Waals surface area contributed by atoms with Crippen LogP contribution in [0, 0.1) is 11.3 Å². The molecule has 5 rings (SSSR count). The molecule has 0 bridgehead atoms. The van der Waals surface area contributed by atoms with Crippen molar-refractivity contribution in [2.75, 3.05) is 13.1 Å². The minimum atomic E-state index is -0.314. The summed E-state index contributed by atoms with van der Waals surface area (Å²) in [4.78, 5) is 14.6. The molecule has 0 radical (unpaired) electrons. The van der Waals surface area contributed by atoms with Crippen molar-refractivity contribution < 1.29 is 14.3 Å². The van der Waals surface area contributed by atoms with E-state index in [1.807, 2.05) is 91.0 Å². The van der Waals surface area contributed by atoms with Crippen LogP contribution in [0.1, 0.15) is 24.0 Å². The monoisotopic (exact) mass is 523 g/mol. The Morgan fingerprint density at radius 3 is 2.33 bits per heavy atom. The largest absolute Gasteiger partial charge is 0.457 e. The molecular weight excluding hydrogens is 490 g/mol. The molecule has 0 aliphatic carbocycles. The van der Waals surface area contributed by atoms with Crippen molar-refractivity contribution in [3.05, 3.63) is 113 Å². The number of nitrogens with one attached hydrogen (secondary N) is 2. The highest BCUT2D eigenvalue weighted by molar-refractivity contribution is 6.06. The number of nitrogens with zero attached hydrogens (tertiary/aromatic N) is 1. The highest BCUT2D eigenvalue weighted by Crippen LogP contribution is 2.31. The molecule has 8 nitrogen and oxygen atoms in total. The summed E-state index contributed by atoms with van der Waals surface area (Å²) in [5, 5.41) is 11.7. The van der Waals surface area contributed by atoms with E-state index in [2.05, 4.69) is 5.32 Å². The number of benzene rings is 3. The summed E-state index contributed by atoms with van der Waals surface area (Å²) in [6, 6.07) is 26.7. The Hall–Kier alpha value is -4.72. The number of para-hydroxylation sites is 1. The average molecular weight is 524 g/mol. The Morgan fingerprint density at radius 2 is 1.64 bits per heavy atom. The number of hydrogen-bond donors (Lipinski definition) is 4. The number of amidine groups is 1. The van der Waals surface area contributed by atoms with Gasteiger partial charge >= 0.3 is 6.09 Å². The second kappa shape index (κ2) is 11.8. The van der Waals surface area contributed by atoms with Crippen LogP contribution in [0.3, 0.4) is 0 Å². The van der Waals surface area contributed by atoms with E-state index in [-0.39, 0.29) is 30.5 Å². The molecule has 2 unspecified atom stereocenters. The third kappa shape index (κ3) is 6.23. The topological polar surface area (TPSA) is 127 Å². The maximum Gasteiger partial charge on any atom is 0.410 e. The number of dihydropyridines is 1. The quantitative estimate of drug-likeness (QED) is 0.255. The molecule has 8 heteroatoms. The molecular formula is C31H33N5O3. The lowest BCUT2D eigenvalue weighted by Gasteiger charge is -2.38. The zero-order valence-electron chi connectivity index (χ0n) is 21.7. The molecule has 2 atom stereocenters. The zero-order valence-corrected chi connectivity index (χ0v) is 21.7. The number of hydrogen-bond acceptors (Lipinski definition) is 6. The van der Waals surface area contributed by atoms with Gasteiger partial charge < -0.3 is 31.2 Å². The zero-order chi connectivity index (χ0) is 27.2. The van der Waals surface area contributed by atoms with Gasteiger partial charge in [0.1, 0.15) is 23.9 Å². The van der Waals surface area contributed by atoms with E-state index in [4.69, 9.17) is 26.4 Å². The first-order valence-corrected chi connectivity index (χ1v) is 13.1. The Labute approximate surface area is 228 Å². The Balaban J connectivity index is 1.29. The fourth-order valence-electron chi connectivity index (χ4n) is 5.07. The molecule has 3 aromatic rings. The molecule has 1 amide bonds. The summed E-state index contributed by atoms with van der Waals surface area (Å²) in [5.41, 5.74) is 15.8. The normalized spacial score (nSPS) is 19.1. The van der Waals surface area contributed by atoms with Crippen molar-refractivity contribution in [1.29, 1.82) is 5.41 Å². The Bertz CT molecular complexity index is 1370. The van der Waals surface area contributed by atoms with Gasteiger partial charge in [0.05, 0.1) is 17.3 Å². The lowest BCUT2D eigenvalue weighted by Crippen LogP contribution is -2.48. The first kappa shape index (κ1) is 25.9. The van der Waals surface area contributed by atoms with E-state index < -0.39 is 0 Å². The Kier molecular flexibility index (Phi) is 7.82. The summed E-state index contributed by atoms with van der Waals surface area (Å²) in [6.45, 7) is 1.44. The number of rotatable bonds is 7. The van der Waals surface area contributed by atoms with E-state index in [0.717, 1.165) is 29.7 Å². The predicted octanol–water partition coefficient (Wildman–Crippen LogP) is 4.99. The highest BCUT2D eigenvalue weighted by atomic mass is 16.6. The third-order valence-electron chi connectivity index (χ3n) is 7.03. The molecule has 200 valence electrons. The first-order chi connectivity index (χ1) is 19.0. The number of carbonyl (C=O) groups excluding carboxylic acids is 1. The predicted molar refractivity (Wildman–Crippen MR) is 152 cm³/mol. The van der Waals surface area contributed by atoms with Gasteiger partial charge in [-0.3, -0.25) is 5.41 Å². The van der Waals surface area contributed by atoms with Gasteiger partial charge in [-0.1, -0.05) is 48.5 Å². The molecule has 6 N–H and O–H groups in total. The maximum absolute atomic E-state index is 12.8. The summed E-state index contributed by atoms with van der Waals surface area (Å²) in [5.74, 6) is 1.46. The number of carbonyl (C=O) groups is 1. The molecule has 3 aromatic carbocycles. The van der Waals surface area contributed by atoms with Gasteiger partial charge in [-0.2, -0.15) is 0 Å². The van der Waals surface area contributed by atoms with E-state index in [0.29, 0.717) is 35.8 Å². The minimum absolute atomic E-state index is 0.107. The van der Waals surface area contributed by atoms with Gasteiger partial charge in [-0.25, -0.2) is 4.79 Å². The molecule has 1 fully saturated rings. The number of piperidine rings is 1. The van der Waals surface area contributed by atoms with Crippen LogP contribution < -0.4 is 21.5 Å². The SMILES string of the molecule is N=C(N)C1=C(c2ccc(Oc3ccccc3)cc2)NC(C2CCCN(C(=O)OCc3ccccc3)C2)C=C1N. The smallest absolute Gasteiger partial charge is 0.410 e. The van der Waals surface area contributed by atoms with Crippen LogP contribution >= 0.6 is 0 Å². The van der Waals surface area contributed by atoms with Gasteiger partial charge in [-0.05, 0) is 66.4 Å². The summed E-state index contributed by atoms with van der Waals surface area (Å²) >= 11 is 0. The fraction of sp³-hybridized carbons (Fsp3) is 0.226. The van der Waals surface area contributed by atoms with Crippen LogP contribution in [0.5, 0.6) is 11.5 Å². The lowest BCUT2D eigenvalue weighted by atomic mass is 9.86. The standard InChI is InChI=1S/C31H33N5O3/c32-26-18-27(23-10-7-17-36(19-23)31(37)38-20-21-8-3-1-4-9-21)35-29(28(26)30(33)34)22-13-15-25(16-14-22)39-24-11-5-2-6-12-24/h1-6,8-9,11-16,18,23,27,35H,7,10,17,19-20,32H2,(H3,33,34). The van der Waals surface area contributed by atoms with Crippen molar-refractivity contribution in [2.24, 2.45) is 17.4 Å². The van der Waals surface area contributed by atoms with Crippen molar-refractivity contribution in [3.8, 4) is 11.5 Å². The summed E-state index contributed by atoms with van der Waals surface area (Å²) in [6.07, 6.45) is 3.39. The molecule has 0 saturated carbocycles. The molecule has 0 spiro atoms. The van der Waals surface area contributed by atoms with Crippen molar-refractivity contribution in [3.63, 3.8) is 0 Å². The van der Waals surface area contributed by atoms with Crippen molar-refractivity contribution >= 4 is 17.6 Å². The number of ether oxygens (including phenoxy) is 2. The highest BCUT2D eigenvalue weighted by Gasteiger charge is 2.33. The second-order valence-corrected chi connectivity index (χ2v) is 9.78. The van der Waals surface area contributed by atoms with Crippen LogP contribution in [0.4, 0.5) is 4.79 Å². The van der Waals surface area contributed by atoms with Crippen LogP contribution in [0.25, 0.3) is 5.70 Å². The van der Waals surface area contributed by atoms with Gasteiger partial charge in [0.15, 0.2) is 0 Å². The molecule has 0 aromatic heterocycles. The van der Waals surface area contributed by atoms with Gasteiger partial charge in [0.2, 0.25) is 0 Å². The molecule has 39 heavy (non-hydrogen) atoms.